The van der Waals surface area contributed by atoms with Crippen molar-refractivity contribution in [3.05, 3.63) is 53.2 Å². The highest BCUT2D eigenvalue weighted by Crippen LogP contribution is 2.51. The van der Waals surface area contributed by atoms with Gasteiger partial charge in [0.25, 0.3) is 0 Å². The Bertz CT molecular complexity index is 1200. The molecule has 0 saturated carbocycles. The van der Waals surface area contributed by atoms with Crippen molar-refractivity contribution in [3.63, 3.8) is 0 Å². The Morgan fingerprint density at radius 2 is 2.10 bits per heavy atom. The van der Waals surface area contributed by atoms with Crippen LogP contribution in [0.5, 0.6) is 5.88 Å². The highest BCUT2D eigenvalue weighted by molar-refractivity contribution is 8.03. The molecule has 3 heterocycles. The fourth-order valence-corrected chi connectivity index (χ4v) is 7.54. The molecule has 4 rings (SSSR count). The lowest BCUT2D eigenvalue weighted by Gasteiger charge is -2.42. The van der Waals surface area contributed by atoms with E-state index in [0.29, 0.717) is 24.3 Å². The Balaban J connectivity index is 1.71. The number of hydrogen-bond donors (Lipinski definition) is 1. The van der Waals surface area contributed by atoms with Crippen LogP contribution in [0, 0.1) is 5.82 Å². The van der Waals surface area contributed by atoms with E-state index in [4.69, 9.17) is 10.5 Å². The molecular formula is C22H25FN4O3S. The summed E-state index contributed by atoms with van der Waals surface area (Å²) in [6.07, 6.45) is 3.90. The first kappa shape index (κ1) is 21.4. The molecule has 0 amide bonds. The lowest BCUT2D eigenvalue weighted by molar-refractivity contribution is 0.0987. The van der Waals surface area contributed by atoms with Gasteiger partial charge in [0.15, 0.2) is 5.78 Å². The smallest absolute Gasteiger partial charge is 0.232 e. The van der Waals surface area contributed by atoms with Gasteiger partial charge in [-0.3, -0.25) is 14.0 Å². The van der Waals surface area contributed by atoms with E-state index in [-0.39, 0.29) is 29.3 Å². The van der Waals surface area contributed by atoms with Crippen LogP contribution in [0.1, 0.15) is 48.3 Å². The van der Waals surface area contributed by atoms with Gasteiger partial charge in [0, 0.05) is 12.0 Å². The van der Waals surface area contributed by atoms with Crippen molar-refractivity contribution in [2.45, 2.75) is 48.6 Å². The predicted octanol–water partition coefficient (Wildman–Crippen LogP) is 2.27. The number of aliphatic imine (C=N–C) groups is 1. The molecule has 31 heavy (non-hydrogen) atoms. The number of carbonyl (C=O) groups is 1. The van der Waals surface area contributed by atoms with Crippen LogP contribution in [0.4, 0.5) is 4.39 Å². The Kier molecular flexibility index (Phi) is 4.92. The lowest BCUT2D eigenvalue weighted by atomic mass is 9.85. The zero-order valence-corrected chi connectivity index (χ0v) is 18.5. The maximum absolute atomic E-state index is 15.0. The molecule has 7 nitrogen and oxygen atoms in total. The van der Waals surface area contributed by atoms with E-state index in [2.05, 4.69) is 20.8 Å². The molecule has 164 valence electrons. The fraction of sp³-hybridized carbons (Fsp3) is 0.409. The highest BCUT2D eigenvalue weighted by Gasteiger charge is 2.59. The topological polar surface area (TPSA) is 108 Å². The molecule has 1 saturated heterocycles. The molecule has 2 bridgehead atoms. The molecule has 1 aromatic heterocycles. The predicted molar refractivity (Wildman–Crippen MR) is 119 cm³/mol. The summed E-state index contributed by atoms with van der Waals surface area (Å²) in [4.78, 5) is 25.4. The van der Waals surface area contributed by atoms with Gasteiger partial charge in [-0.1, -0.05) is 6.07 Å². The number of nitrogens with two attached hydrogens (primary N) is 1. The van der Waals surface area contributed by atoms with Crippen molar-refractivity contribution in [1.29, 1.82) is 0 Å². The first-order valence-corrected chi connectivity index (χ1v) is 11.7. The van der Waals surface area contributed by atoms with E-state index in [1.165, 1.54) is 25.6 Å². The minimum atomic E-state index is -2.66. The van der Waals surface area contributed by atoms with Gasteiger partial charge in [0.2, 0.25) is 5.88 Å². The molecule has 9 heteroatoms. The Morgan fingerprint density at radius 3 is 2.74 bits per heavy atom. The van der Waals surface area contributed by atoms with Crippen LogP contribution in [0.2, 0.25) is 0 Å². The Morgan fingerprint density at radius 1 is 1.35 bits per heavy atom. The summed E-state index contributed by atoms with van der Waals surface area (Å²) in [5.41, 5.74) is 6.16. The van der Waals surface area contributed by atoms with E-state index < -0.39 is 30.9 Å². The van der Waals surface area contributed by atoms with Crippen LogP contribution in [0.3, 0.4) is 0 Å². The normalized spacial score (nSPS) is 31.9. The van der Waals surface area contributed by atoms with Gasteiger partial charge in [-0.25, -0.2) is 14.4 Å². The molecule has 0 radical (unpaired) electrons. The third-order valence-corrected chi connectivity index (χ3v) is 10.2. The number of halogens is 1. The van der Waals surface area contributed by atoms with Crippen LogP contribution in [-0.2, 0) is 21.5 Å². The monoisotopic (exact) mass is 444 g/mol. The van der Waals surface area contributed by atoms with Crippen LogP contribution >= 0.6 is 0 Å². The first-order chi connectivity index (χ1) is 14.5. The number of ketones is 1. The van der Waals surface area contributed by atoms with Crippen molar-refractivity contribution in [2.75, 3.05) is 7.11 Å². The number of rotatable bonds is 5. The molecule has 2 aromatic rings. The van der Waals surface area contributed by atoms with Crippen LogP contribution in [0.25, 0.3) is 0 Å². The molecule has 1 aromatic carbocycles. The molecular weight excluding hydrogens is 419 g/mol. The average Bonchev–Trinajstić information content (AvgIpc) is 2.92. The summed E-state index contributed by atoms with van der Waals surface area (Å²) >= 11 is 0. The largest absolute Gasteiger partial charge is 0.480 e. The van der Waals surface area contributed by atoms with E-state index in [0.717, 1.165) is 0 Å². The molecule has 0 spiro atoms. The second kappa shape index (κ2) is 7.12. The summed E-state index contributed by atoms with van der Waals surface area (Å²) in [6.45, 7) is 3.57. The summed E-state index contributed by atoms with van der Waals surface area (Å²) in [5, 5.41) is -0.440. The Hall–Kier alpha value is -2.81. The zero-order chi connectivity index (χ0) is 22.6. The quantitative estimate of drug-likeness (QED) is 0.560. The molecule has 1 fully saturated rings. The molecule has 4 atom stereocenters. The average molecular weight is 445 g/mol. The number of ether oxygens (including phenoxy) is 1. The minimum absolute atomic E-state index is 0.00565. The maximum atomic E-state index is 15.0. The number of Topliss-reactive ketones (excluding diaryl/α,β-unsaturated/α-hetero) is 1. The number of nitrogens with zero attached hydrogens (tertiary/aromatic N) is 3. The fourth-order valence-electron chi connectivity index (χ4n) is 4.63. The molecule has 2 aliphatic rings. The van der Waals surface area contributed by atoms with Crippen LogP contribution < -0.4 is 10.5 Å². The number of amidine groups is 1. The molecule has 2 aliphatic heterocycles. The number of methoxy groups -OCH3 is 1. The number of carbonyl (C=O) groups excluding carboxylic acids is 1. The number of fused-ring (bicyclic) bond motifs is 2. The zero-order valence-electron chi connectivity index (χ0n) is 17.7. The summed E-state index contributed by atoms with van der Waals surface area (Å²) in [7, 11) is -1.19. The Labute approximate surface area is 181 Å². The highest BCUT2D eigenvalue weighted by atomic mass is 32.2. The van der Waals surface area contributed by atoms with Gasteiger partial charge >= 0.3 is 0 Å². The van der Waals surface area contributed by atoms with Crippen molar-refractivity contribution in [3.8, 4) is 5.88 Å². The minimum Gasteiger partial charge on any atom is -0.480 e. The van der Waals surface area contributed by atoms with Crippen molar-refractivity contribution < 1.29 is 18.1 Å². The third kappa shape index (κ3) is 3.13. The van der Waals surface area contributed by atoms with E-state index in [1.54, 1.807) is 19.1 Å². The van der Waals surface area contributed by atoms with Gasteiger partial charge in [-0.2, -0.15) is 0 Å². The first-order valence-electron chi connectivity index (χ1n) is 9.92. The van der Waals surface area contributed by atoms with Crippen LogP contribution in [0.15, 0.2) is 35.6 Å². The van der Waals surface area contributed by atoms with Gasteiger partial charge in [0.05, 0.1) is 29.5 Å². The van der Waals surface area contributed by atoms with Crippen molar-refractivity contribution >= 4 is 27.0 Å². The summed E-state index contributed by atoms with van der Waals surface area (Å²) < 4.78 is 32.8. The van der Waals surface area contributed by atoms with Crippen LogP contribution in [-0.4, -0.2) is 48.8 Å². The van der Waals surface area contributed by atoms with Gasteiger partial charge in [-0.15, -0.1) is 0 Å². The SMILES string of the molecule is C=S1(=O)C2CC[C@]1(C)C(N)=N[C@]2(C)c1cc(CC(=O)c2cnc(OC)cn2)ccc1F. The number of aromatic nitrogens is 2. The van der Waals surface area contributed by atoms with Crippen molar-refractivity contribution in [1.82, 2.24) is 9.97 Å². The second-order valence-corrected chi connectivity index (χ2v) is 11.4. The standard InChI is InChI=1S/C22H25FN4O3S/c1-21-8-7-18(31(21,4)29)22(2,27-20(21)24)14-9-13(5-6-15(14)23)10-17(28)16-11-26-19(30-3)12-25-16/h5-6,9,11-12,18H,4,7-8,10H2,1-3H3,(H2,24,27)/t18?,21-,22-,31?/m1/s1. The van der Waals surface area contributed by atoms with Gasteiger partial charge in [-0.05, 0) is 59.8 Å². The summed E-state index contributed by atoms with van der Waals surface area (Å²) in [6, 6.07) is 4.47. The van der Waals surface area contributed by atoms with E-state index in [1.807, 2.05) is 6.92 Å². The second-order valence-electron chi connectivity index (χ2n) is 8.49. The summed E-state index contributed by atoms with van der Waals surface area (Å²) in [5.74, 6) is 3.83. The lowest BCUT2D eigenvalue weighted by Crippen LogP contribution is -2.55. The van der Waals surface area contributed by atoms with E-state index in [9.17, 15) is 13.4 Å². The van der Waals surface area contributed by atoms with Gasteiger partial charge in [0.1, 0.15) is 22.9 Å². The van der Waals surface area contributed by atoms with Gasteiger partial charge < -0.3 is 10.5 Å². The molecule has 2 unspecified atom stereocenters. The third-order valence-electron chi connectivity index (χ3n) is 6.69. The van der Waals surface area contributed by atoms with E-state index >= 15 is 0 Å². The number of benzene rings is 1. The maximum Gasteiger partial charge on any atom is 0.232 e. The van der Waals surface area contributed by atoms with Crippen molar-refractivity contribution in [2.24, 2.45) is 10.7 Å². The molecule has 2 N–H and O–H groups in total. The molecule has 0 aliphatic carbocycles. The number of hydrogen-bond acceptors (Lipinski definition) is 7.